The van der Waals surface area contributed by atoms with E-state index in [9.17, 15) is 8.78 Å². The summed E-state index contributed by atoms with van der Waals surface area (Å²) in [5.74, 6) is -0.925. The predicted octanol–water partition coefficient (Wildman–Crippen LogP) is 3.75. The van der Waals surface area contributed by atoms with E-state index in [0.717, 1.165) is 24.7 Å². The molecule has 1 N–H and O–H groups in total. The second-order valence-electron chi connectivity index (χ2n) is 5.28. The lowest BCUT2D eigenvalue weighted by Crippen LogP contribution is -2.12. The van der Waals surface area contributed by atoms with Crippen LogP contribution in [-0.4, -0.2) is 7.05 Å². The molecule has 0 radical (unpaired) electrons. The Balaban J connectivity index is 1.70. The first-order valence-corrected chi connectivity index (χ1v) is 7.04. The molecule has 1 atom stereocenters. The highest BCUT2D eigenvalue weighted by Crippen LogP contribution is 2.33. The molecule has 0 saturated heterocycles. The van der Waals surface area contributed by atoms with Crippen LogP contribution in [0.15, 0.2) is 36.4 Å². The zero-order valence-corrected chi connectivity index (χ0v) is 11.8. The van der Waals surface area contributed by atoms with Crippen molar-refractivity contribution in [3.63, 3.8) is 0 Å². The SMILES string of the molecule is CNC1CCc2cc(OCc3ccc(F)c(F)c3)ccc21. The predicted molar refractivity (Wildman–Crippen MR) is 77.3 cm³/mol. The van der Waals surface area contributed by atoms with Gasteiger partial charge in [0.2, 0.25) is 0 Å². The number of halogens is 2. The monoisotopic (exact) mass is 289 g/mol. The minimum atomic E-state index is -0.845. The van der Waals surface area contributed by atoms with Gasteiger partial charge in [-0.05, 0) is 60.8 Å². The number of hydrogen-bond donors (Lipinski definition) is 1. The van der Waals surface area contributed by atoms with Crippen molar-refractivity contribution in [2.24, 2.45) is 0 Å². The molecule has 3 rings (SSSR count). The molecule has 0 aromatic heterocycles. The average Bonchev–Trinajstić information content (AvgIpc) is 2.90. The summed E-state index contributed by atoms with van der Waals surface area (Å²) in [7, 11) is 1.97. The number of hydrogen-bond acceptors (Lipinski definition) is 2. The molecule has 0 aliphatic heterocycles. The molecular formula is C17H17F2NO. The van der Waals surface area contributed by atoms with Crippen LogP contribution in [0.3, 0.4) is 0 Å². The van der Waals surface area contributed by atoms with Gasteiger partial charge in [0, 0.05) is 6.04 Å². The summed E-state index contributed by atoms with van der Waals surface area (Å²) in [5, 5.41) is 3.29. The van der Waals surface area contributed by atoms with Crippen LogP contribution < -0.4 is 10.1 Å². The Morgan fingerprint density at radius 3 is 2.76 bits per heavy atom. The highest BCUT2D eigenvalue weighted by atomic mass is 19.2. The van der Waals surface area contributed by atoms with Crippen molar-refractivity contribution in [3.8, 4) is 5.75 Å². The molecule has 0 bridgehead atoms. The lowest BCUT2D eigenvalue weighted by molar-refractivity contribution is 0.305. The first-order chi connectivity index (χ1) is 10.2. The molecule has 1 aliphatic carbocycles. The fourth-order valence-corrected chi connectivity index (χ4v) is 2.78. The average molecular weight is 289 g/mol. The van der Waals surface area contributed by atoms with Crippen molar-refractivity contribution in [2.75, 3.05) is 7.05 Å². The molecule has 0 heterocycles. The van der Waals surface area contributed by atoms with Crippen LogP contribution in [0.4, 0.5) is 8.78 Å². The maximum absolute atomic E-state index is 13.1. The minimum absolute atomic E-state index is 0.228. The van der Waals surface area contributed by atoms with Gasteiger partial charge in [-0.2, -0.15) is 0 Å². The number of fused-ring (bicyclic) bond motifs is 1. The number of ether oxygens (including phenoxy) is 1. The summed E-state index contributed by atoms with van der Waals surface area (Å²) in [6.07, 6.45) is 2.13. The van der Waals surface area contributed by atoms with Gasteiger partial charge in [-0.1, -0.05) is 12.1 Å². The quantitative estimate of drug-likeness (QED) is 0.925. The zero-order valence-electron chi connectivity index (χ0n) is 11.8. The summed E-state index contributed by atoms with van der Waals surface area (Å²) < 4.78 is 31.7. The van der Waals surface area contributed by atoms with Gasteiger partial charge in [0.25, 0.3) is 0 Å². The van der Waals surface area contributed by atoms with Gasteiger partial charge >= 0.3 is 0 Å². The molecule has 1 aliphatic rings. The van der Waals surface area contributed by atoms with Crippen molar-refractivity contribution in [1.29, 1.82) is 0 Å². The molecular weight excluding hydrogens is 272 g/mol. The van der Waals surface area contributed by atoms with Crippen LogP contribution in [0, 0.1) is 11.6 Å². The molecule has 2 aromatic carbocycles. The van der Waals surface area contributed by atoms with Crippen molar-refractivity contribution in [2.45, 2.75) is 25.5 Å². The van der Waals surface area contributed by atoms with E-state index in [-0.39, 0.29) is 6.61 Å². The van der Waals surface area contributed by atoms with E-state index in [1.54, 1.807) is 0 Å². The summed E-state index contributed by atoms with van der Waals surface area (Å²) >= 11 is 0. The largest absolute Gasteiger partial charge is 0.489 e. The van der Waals surface area contributed by atoms with E-state index in [0.29, 0.717) is 11.6 Å². The number of nitrogens with one attached hydrogen (secondary N) is 1. The second-order valence-corrected chi connectivity index (χ2v) is 5.28. The molecule has 0 fully saturated rings. The zero-order chi connectivity index (χ0) is 14.8. The second kappa shape index (κ2) is 5.82. The lowest BCUT2D eigenvalue weighted by atomic mass is 10.1. The van der Waals surface area contributed by atoms with Crippen molar-refractivity contribution in [3.05, 3.63) is 64.7 Å². The summed E-state index contributed by atoms with van der Waals surface area (Å²) in [6.45, 7) is 0.228. The van der Waals surface area contributed by atoms with Crippen LogP contribution in [0.2, 0.25) is 0 Å². The van der Waals surface area contributed by atoms with Crippen molar-refractivity contribution >= 4 is 0 Å². The summed E-state index contributed by atoms with van der Waals surface area (Å²) in [5.41, 5.74) is 3.22. The van der Waals surface area contributed by atoms with Crippen LogP contribution in [0.1, 0.15) is 29.2 Å². The molecule has 0 amide bonds. The Bertz CT molecular complexity index is 657. The van der Waals surface area contributed by atoms with Gasteiger partial charge in [-0.3, -0.25) is 0 Å². The summed E-state index contributed by atoms with van der Waals surface area (Å²) in [4.78, 5) is 0. The highest BCUT2D eigenvalue weighted by molar-refractivity contribution is 5.40. The molecule has 110 valence electrons. The highest BCUT2D eigenvalue weighted by Gasteiger charge is 2.21. The molecule has 1 unspecified atom stereocenters. The van der Waals surface area contributed by atoms with Gasteiger partial charge in [0.05, 0.1) is 0 Å². The first-order valence-electron chi connectivity index (χ1n) is 7.04. The Kier molecular flexibility index (Phi) is 3.88. The molecule has 2 aromatic rings. The van der Waals surface area contributed by atoms with E-state index < -0.39 is 11.6 Å². The molecule has 4 heteroatoms. The van der Waals surface area contributed by atoms with Gasteiger partial charge < -0.3 is 10.1 Å². The van der Waals surface area contributed by atoms with E-state index in [2.05, 4.69) is 11.4 Å². The van der Waals surface area contributed by atoms with E-state index in [1.165, 1.54) is 23.3 Å². The van der Waals surface area contributed by atoms with Crippen LogP contribution in [0.25, 0.3) is 0 Å². The van der Waals surface area contributed by atoms with Crippen molar-refractivity contribution < 1.29 is 13.5 Å². The van der Waals surface area contributed by atoms with E-state index >= 15 is 0 Å². The minimum Gasteiger partial charge on any atom is -0.489 e. The third-order valence-corrected chi connectivity index (χ3v) is 3.93. The Morgan fingerprint density at radius 1 is 1.14 bits per heavy atom. The summed E-state index contributed by atoms with van der Waals surface area (Å²) in [6, 6.07) is 10.3. The number of aryl methyl sites for hydroxylation is 1. The van der Waals surface area contributed by atoms with Gasteiger partial charge in [-0.25, -0.2) is 8.78 Å². The van der Waals surface area contributed by atoms with Gasteiger partial charge in [0.1, 0.15) is 12.4 Å². The molecule has 2 nitrogen and oxygen atoms in total. The third kappa shape index (κ3) is 2.90. The normalized spacial score (nSPS) is 16.8. The fraction of sp³-hybridized carbons (Fsp3) is 0.294. The standard InChI is InChI=1S/C17H17F2NO/c1-20-17-7-3-12-9-13(4-5-14(12)17)21-10-11-2-6-15(18)16(19)8-11/h2,4-6,8-9,17,20H,3,7,10H2,1H3. The third-order valence-electron chi connectivity index (χ3n) is 3.93. The van der Waals surface area contributed by atoms with Crippen LogP contribution in [-0.2, 0) is 13.0 Å². The van der Waals surface area contributed by atoms with E-state index in [4.69, 9.17) is 4.74 Å². The van der Waals surface area contributed by atoms with E-state index in [1.807, 2.05) is 19.2 Å². The molecule has 21 heavy (non-hydrogen) atoms. The Labute approximate surface area is 122 Å². The van der Waals surface area contributed by atoms with Gasteiger partial charge in [-0.15, -0.1) is 0 Å². The van der Waals surface area contributed by atoms with Crippen LogP contribution in [0.5, 0.6) is 5.75 Å². The maximum Gasteiger partial charge on any atom is 0.159 e. The van der Waals surface area contributed by atoms with Gasteiger partial charge in [0.15, 0.2) is 11.6 Å². The topological polar surface area (TPSA) is 21.3 Å². The van der Waals surface area contributed by atoms with Crippen LogP contribution >= 0.6 is 0 Å². The lowest BCUT2D eigenvalue weighted by Gasteiger charge is -2.11. The Hall–Kier alpha value is -1.94. The number of benzene rings is 2. The fourth-order valence-electron chi connectivity index (χ4n) is 2.78. The first kappa shape index (κ1) is 14.0. The number of rotatable bonds is 4. The smallest absolute Gasteiger partial charge is 0.159 e. The molecule has 0 spiro atoms. The Morgan fingerprint density at radius 2 is 2.00 bits per heavy atom. The molecule has 0 saturated carbocycles. The maximum atomic E-state index is 13.1. The van der Waals surface area contributed by atoms with Crippen molar-refractivity contribution in [1.82, 2.24) is 5.32 Å².